The second-order valence-electron chi connectivity index (χ2n) is 4.50. The van der Waals surface area contributed by atoms with Crippen molar-refractivity contribution in [3.63, 3.8) is 0 Å². The number of phenols is 1. The molecule has 0 spiro atoms. The number of aryl methyl sites for hydroxylation is 1. The summed E-state index contributed by atoms with van der Waals surface area (Å²) in [6.07, 6.45) is 3.68. The number of benzene rings is 1. The minimum atomic E-state index is 0.199. The van der Waals surface area contributed by atoms with Gasteiger partial charge in [0.25, 0.3) is 0 Å². The lowest BCUT2D eigenvalue weighted by Crippen LogP contribution is -2.18. The molecule has 2 aromatic rings. The van der Waals surface area contributed by atoms with Crippen LogP contribution >= 0.6 is 0 Å². The Bertz CT molecular complexity index is 525. The molecule has 2 N–H and O–H groups in total. The van der Waals surface area contributed by atoms with E-state index in [4.69, 9.17) is 0 Å². The lowest BCUT2D eigenvalue weighted by atomic mass is 10.1. The normalized spacial score (nSPS) is 12.3. The van der Waals surface area contributed by atoms with Gasteiger partial charge in [0.2, 0.25) is 0 Å². The fourth-order valence-corrected chi connectivity index (χ4v) is 1.88. The predicted molar refractivity (Wildman–Crippen MR) is 72.3 cm³/mol. The molecule has 1 heterocycles. The molecule has 0 aliphatic rings. The van der Waals surface area contributed by atoms with Crippen LogP contribution in [0.5, 0.6) is 5.75 Å². The molecule has 3 heteroatoms. The van der Waals surface area contributed by atoms with Gasteiger partial charge in [0.15, 0.2) is 0 Å². The van der Waals surface area contributed by atoms with Gasteiger partial charge in [-0.25, -0.2) is 0 Å². The smallest absolute Gasteiger partial charge is 0.115 e. The summed E-state index contributed by atoms with van der Waals surface area (Å²) in [6, 6.07) is 9.57. The van der Waals surface area contributed by atoms with Crippen molar-refractivity contribution in [1.82, 2.24) is 10.3 Å². The highest BCUT2D eigenvalue weighted by Gasteiger charge is 2.06. The molecule has 2 rings (SSSR count). The zero-order chi connectivity index (χ0) is 13.0. The molecule has 0 aliphatic heterocycles. The van der Waals surface area contributed by atoms with Crippen molar-refractivity contribution in [3.05, 3.63) is 59.4 Å². The highest BCUT2D eigenvalue weighted by Crippen LogP contribution is 2.18. The van der Waals surface area contributed by atoms with E-state index in [1.807, 2.05) is 30.6 Å². The third-order valence-electron chi connectivity index (χ3n) is 3.11. The zero-order valence-corrected chi connectivity index (χ0v) is 10.7. The first-order valence-corrected chi connectivity index (χ1v) is 6.08. The number of hydrogen-bond acceptors (Lipinski definition) is 3. The van der Waals surface area contributed by atoms with Gasteiger partial charge in [0, 0.05) is 25.0 Å². The number of aromatic nitrogens is 1. The van der Waals surface area contributed by atoms with E-state index >= 15 is 0 Å². The van der Waals surface area contributed by atoms with Gasteiger partial charge < -0.3 is 10.4 Å². The fourth-order valence-electron chi connectivity index (χ4n) is 1.88. The maximum Gasteiger partial charge on any atom is 0.115 e. The zero-order valence-electron chi connectivity index (χ0n) is 10.7. The summed E-state index contributed by atoms with van der Waals surface area (Å²) in [5.41, 5.74) is 3.52. The Hall–Kier alpha value is -1.87. The molecule has 1 aromatic carbocycles. The van der Waals surface area contributed by atoms with E-state index < -0.39 is 0 Å². The maximum absolute atomic E-state index is 9.46. The van der Waals surface area contributed by atoms with E-state index in [2.05, 4.69) is 24.1 Å². The van der Waals surface area contributed by atoms with Gasteiger partial charge in [0.1, 0.15) is 5.75 Å². The Kier molecular flexibility index (Phi) is 3.95. The number of aromatic hydroxyl groups is 1. The lowest BCUT2D eigenvalue weighted by Gasteiger charge is -2.15. The van der Waals surface area contributed by atoms with Crippen molar-refractivity contribution in [2.24, 2.45) is 0 Å². The van der Waals surface area contributed by atoms with E-state index in [1.165, 1.54) is 11.1 Å². The van der Waals surface area contributed by atoms with Crippen LogP contribution in [0.1, 0.15) is 29.7 Å². The van der Waals surface area contributed by atoms with Gasteiger partial charge in [-0.3, -0.25) is 4.98 Å². The topological polar surface area (TPSA) is 45.2 Å². The Morgan fingerprint density at radius 2 is 2.17 bits per heavy atom. The number of nitrogens with one attached hydrogen (secondary N) is 1. The van der Waals surface area contributed by atoms with Crippen molar-refractivity contribution in [2.75, 3.05) is 0 Å². The number of phenolic OH excluding ortho intramolecular Hbond substituents is 1. The number of hydrogen-bond donors (Lipinski definition) is 2. The van der Waals surface area contributed by atoms with Crippen LogP contribution in [0, 0.1) is 6.92 Å². The summed E-state index contributed by atoms with van der Waals surface area (Å²) in [5, 5.41) is 12.9. The molecule has 0 saturated carbocycles. The van der Waals surface area contributed by atoms with Crippen LogP contribution in [-0.4, -0.2) is 10.1 Å². The van der Waals surface area contributed by atoms with Crippen molar-refractivity contribution in [2.45, 2.75) is 26.4 Å². The molecular formula is C15H18N2O. The van der Waals surface area contributed by atoms with Crippen molar-refractivity contribution >= 4 is 0 Å². The first-order chi connectivity index (χ1) is 8.66. The monoisotopic (exact) mass is 242 g/mol. The molecule has 0 bridgehead atoms. The standard InChI is InChI=1S/C15H18N2O/c1-11-9-16-7-6-14(11)10-17-12(2)13-4-3-5-15(18)8-13/h3-9,12,17-18H,10H2,1-2H3. The minimum Gasteiger partial charge on any atom is -0.508 e. The van der Waals surface area contributed by atoms with Crippen LogP contribution in [0.4, 0.5) is 0 Å². The SMILES string of the molecule is Cc1cnccc1CNC(C)c1cccc(O)c1. The third kappa shape index (κ3) is 3.08. The summed E-state index contributed by atoms with van der Waals surface area (Å²) in [7, 11) is 0. The first-order valence-electron chi connectivity index (χ1n) is 6.08. The van der Waals surface area contributed by atoms with Gasteiger partial charge in [0.05, 0.1) is 0 Å². The first kappa shape index (κ1) is 12.6. The fraction of sp³-hybridized carbons (Fsp3) is 0.267. The highest BCUT2D eigenvalue weighted by atomic mass is 16.3. The van der Waals surface area contributed by atoms with Crippen LogP contribution in [0.15, 0.2) is 42.7 Å². The Morgan fingerprint density at radius 1 is 1.33 bits per heavy atom. The number of nitrogens with zero attached hydrogens (tertiary/aromatic N) is 1. The average molecular weight is 242 g/mol. The number of pyridine rings is 1. The van der Waals surface area contributed by atoms with Gasteiger partial charge in [-0.15, -0.1) is 0 Å². The summed E-state index contributed by atoms with van der Waals surface area (Å²) >= 11 is 0. The van der Waals surface area contributed by atoms with E-state index in [0.29, 0.717) is 5.75 Å². The Balaban J connectivity index is 2.00. The molecule has 94 valence electrons. The molecule has 3 nitrogen and oxygen atoms in total. The summed E-state index contributed by atoms with van der Waals surface area (Å²) in [6.45, 7) is 4.94. The van der Waals surface area contributed by atoms with Crippen LogP contribution in [0.25, 0.3) is 0 Å². The lowest BCUT2D eigenvalue weighted by molar-refractivity contribution is 0.472. The number of rotatable bonds is 4. The second-order valence-corrected chi connectivity index (χ2v) is 4.50. The maximum atomic E-state index is 9.46. The Labute approximate surface area is 108 Å². The molecular weight excluding hydrogens is 224 g/mol. The van der Waals surface area contributed by atoms with Crippen LogP contribution < -0.4 is 5.32 Å². The second kappa shape index (κ2) is 5.65. The molecule has 0 saturated heterocycles. The average Bonchev–Trinajstić information content (AvgIpc) is 2.37. The molecule has 0 aliphatic carbocycles. The quantitative estimate of drug-likeness (QED) is 0.866. The van der Waals surface area contributed by atoms with Gasteiger partial charge in [-0.05, 0) is 48.7 Å². The minimum absolute atomic E-state index is 0.199. The van der Waals surface area contributed by atoms with Gasteiger partial charge in [-0.1, -0.05) is 12.1 Å². The van der Waals surface area contributed by atoms with E-state index in [9.17, 15) is 5.11 Å². The van der Waals surface area contributed by atoms with Gasteiger partial charge >= 0.3 is 0 Å². The van der Waals surface area contributed by atoms with E-state index in [-0.39, 0.29) is 6.04 Å². The molecule has 18 heavy (non-hydrogen) atoms. The van der Waals surface area contributed by atoms with Crippen molar-refractivity contribution in [3.8, 4) is 5.75 Å². The van der Waals surface area contributed by atoms with E-state index in [0.717, 1.165) is 12.1 Å². The third-order valence-corrected chi connectivity index (χ3v) is 3.11. The molecule has 1 unspecified atom stereocenters. The molecule has 0 fully saturated rings. The van der Waals surface area contributed by atoms with Crippen molar-refractivity contribution < 1.29 is 5.11 Å². The van der Waals surface area contributed by atoms with Crippen LogP contribution in [-0.2, 0) is 6.54 Å². The van der Waals surface area contributed by atoms with E-state index in [1.54, 1.807) is 12.1 Å². The van der Waals surface area contributed by atoms with Crippen molar-refractivity contribution in [1.29, 1.82) is 0 Å². The van der Waals surface area contributed by atoms with Gasteiger partial charge in [-0.2, -0.15) is 0 Å². The highest BCUT2D eigenvalue weighted by molar-refractivity contribution is 5.29. The van der Waals surface area contributed by atoms with Crippen LogP contribution in [0.2, 0.25) is 0 Å². The summed E-state index contributed by atoms with van der Waals surface area (Å²) in [5.74, 6) is 0.307. The summed E-state index contributed by atoms with van der Waals surface area (Å²) < 4.78 is 0. The van der Waals surface area contributed by atoms with Crippen LogP contribution in [0.3, 0.4) is 0 Å². The molecule has 1 atom stereocenters. The summed E-state index contributed by atoms with van der Waals surface area (Å²) in [4.78, 5) is 4.08. The molecule has 0 amide bonds. The largest absolute Gasteiger partial charge is 0.508 e. The molecule has 0 radical (unpaired) electrons. The molecule has 1 aromatic heterocycles. The predicted octanol–water partition coefficient (Wildman–Crippen LogP) is 2.95. The Morgan fingerprint density at radius 3 is 2.89 bits per heavy atom.